The molecule has 1 aromatic rings. The summed E-state index contributed by atoms with van der Waals surface area (Å²) in [5, 5.41) is 3.03. The smallest absolute Gasteiger partial charge is 0.317 e. The molecule has 2 saturated heterocycles. The summed E-state index contributed by atoms with van der Waals surface area (Å²) in [6.45, 7) is 5.88. The number of methoxy groups -OCH3 is 2. The maximum absolute atomic E-state index is 12.4. The summed E-state index contributed by atoms with van der Waals surface area (Å²) in [5.74, 6) is 1.43. The quantitative estimate of drug-likeness (QED) is 0.784. The zero-order chi connectivity index (χ0) is 19.1. The van der Waals surface area contributed by atoms with Gasteiger partial charge in [-0.15, -0.1) is 0 Å². The number of piperazine rings is 1. The van der Waals surface area contributed by atoms with E-state index >= 15 is 0 Å². The molecule has 2 aliphatic heterocycles. The SMILES string of the molecule is COc1ccc(CCNC(=O)N2CCN(CC3CCCO3)CC2)cc1OC. The van der Waals surface area contributed by atoms with Crippen molar-refractivity contribution in [3.63, 3.8) is 0 Å². The lowest BCUT2D eigenvalue weighted by molar-refractivity contribution is 0.0561. The second-order valence-corrected chi connectivity index (χ2v) is 7.09. The predicted octanol–water partition coefficient (Wildman–Crippen LogP) is 1.75. The second kappa shape index (κ2) is 9.80. The number of ether oxygens (including phenoxy) is 3. The van der Waals surface area contributed by atoms with E-state index in [2.05, 4.69) is 10.2 Å². The van der Waals surface area contributed by atoms with Crippen LogP contribution >= 0.6 is 0 Å². The van der Waals surface area contributed by atoms with Gasteiger partial charge >= 0.3 is 6.03 Å². The van der Waals surface area contributed by atoms with Gasteiger partial charge in [0.1, 0.15) is 0 Å². The van der Waals surface area contributed by atoms with E-state index in [0.717, 1.165) is 57.7 Å². The Balaban J connectivity index is 1.37. The highest BCUT2D eigenvalue weighted by atomic mass is 16.5. The molecule has 0 bridgehead atoms. The lowest BCUT2D eigenvalue weighted by Gasteiger charge is -2.35. The van der Waals surface area contributed by atoms with E-state index < -0.39 is 0 Å². The Morgan fingerprint density at radius 2 is 1.96 bits per heavy atom. The maximum atomic E-state index is 12.4. The fraction of sp³-hybridized carbons (Fsp3) is 0.650. The van der Waals surface area contributed by atoms with Crippen LogP contribution in [0.2, 0.25) is 0 Å². The Kier molecular flexibility index (Phi) is 7.18. The average Bonchev–Trinajstić information content (AvgIpc) is 3.21. The zero-order valence-electron chi connectivity index (χ0n) is 16.4. The van der Waals surface area contributed by atoms with Gasteiger partial charge in [0.15, 0.2) is 11.5 Å². The highest BCUT2D eigenvalue weighted by Gasteiger charge is 2.24. The summed E-state index contributed by atoms with van der Waals surface area (Å²) in [4.78, 5) is 16.7. The number of amides is 2. The molecule has 1 atom stereocenters. The van der Waals surface area contributed by atoms with Crippen molar-refractivity contribution in [2.24, 2.45) is 0 Å². The molecule has 2 amide bonds. The molecule has 3 rings (SSSR count). The number of rotatable bonds is 7. The largest absolute Gasteiger partial charge is 0.493 e. The third-order valence-corrected chi connectivity index (χ3v) is 5.28. The molecule has 150 valence electrons. The van der Waals surface area contributed by atoms with Crippen molar-refractivity contribution >= 4 is 6.03 Å². The molecule has 1 aromatic carbocycles. The minimum absolute atomic E-state index is 0.0206. The van der Waals surface area contributed by atoms with Gasteiger partial charge in [-0.25, -0.2) is 4.79 Å². The third-order valence-electron chi connectivity index (χ3n) is 5.28. The molecule has 0 radical (unpaired) electrons. The zero-order valence-corrected chi connectivity index (χ0v) is 16.4. The summed E-state index contributed by atoms with van der Waals surface area (Å²) in [6, 6.07) is 5.86. The highest BCUT2D eigenvalue weighted by Crippen LogP contribution is 2.27. The van der Waals surface area contributed by atoms with Crippen LogP contribution in [0.4, 0.5) is 4.79 Å². The molecular formula is C20H31N3O4. The van der Waals surface area contributed by atoms with Crippen molar-refractivity contribution in [3.8, 4) is 11.5 Å². The molecule has 0 aliphatic carbocycles. The maximum Gasteiger partial charge on any atom is 0.317 e. The van der Waals surface area contributed by atoms with Gasteiger partial charge in [-0.05, 0) is 37.0 Å². The summed E-state index contributed by atoms with van der Waals surface area (Å²) in [5.41, 5.74) is 1.11. The Bertz CT molecular complexity index is 611. The number of carbonyl (C=O) groups is 1. The number of benzene rings is 1. The lowest BCUT2D eigenvalue weighted by atomic mass is 10.1. The average molecular weight is 377 g/mol. The van der Waals surface area contributed by atoms with Crippen LogP contribution in [0.1, 0.15) is 18.4 Å². The van der Waals surface area contributed by atoms with E-state index in [4.69, 9.17) is 14.2 Å². The summed E-state index contributed by atoms with van der Waals surface area (Å²) >= 11 is 0. The first-order valence-corrected chi connectivity index (χ1v) is 9.77. The van der Waals surface area contributed by atoms with Crippen LogP contribution < -0.4 is 14.8 Å². The molecule has 2 heterocycles. The van der Waals surface area contributed by atoms with Crippen molar-refractivity contribution in [2.45, 2.75) is 25.4 Å². The third kappa shape index (κ3) is 5.49. The van der Waals surface area contributed by atoms with E-state index in [-0.39, 0.29) is 6.03 Å². The number of nitrogens with zero attached hydrogens (tertiary/aromatic N) is 2. The first kappa shape index (κ1) is 19.8. The number of carbonyl (C=O) groups excluding carboxylic acids is 1. The minimum atomic E-state index is 0.0206. The molecule has 0 saturated carbocycles. The summed E-state index contributed by atoms with van der Waals surface area (Å²) < 4.78 is 16.3. The molecule has 1 unspecified atom stereocenters. The van der Waals surface area contributed by atoms with Crippen molar-refractivity contribution < 1.29 is 19.0 Å². The first-order chi connectivity index (χ1) is 13.2. The van der Waals surface area contributed by atoms with Gasteiger partial charge in [-0.1, -0.05) is 6.07 Å². The predicted molar refractivity (Wildman–Crippen MR) is 104 cm³/mol. The molecule has 7 heteroatoms. The van der Waals surface area contributed by atoms with Crippen LogP contribution in [-0.2, 0) is 11.2 Å². The Hall–Kier alpha value is -1.99. The van der Waals surface area contributed by atoms with Crippen LogP contribution in [0.3, 0.4) is 0 Å². The first-order valence-electron chi connectivity index (χ1n) is 9.77. The monoisotopic (exact) mass is 377 g/mol. The van der Waals surface area contributed by atoms with E-state index in [1.54, 1.807) is 14.2 Å². The Labute approximate surface area is 161 Å². The molecule has 2 aliphatic rings. The van der Waals surface area contributed by atoms with Gasteiger partial charge in [0.25, 0.3) is 0 Å². The van der Waals surface area contributed by atoms with E-state index in [0.29, 0.717) is 24.1 Å². The number of hydrogen-bond donors (Lipinski definition) is 1. The molecular weight excluding hydrogens is 346 g/mol. The normalized spacial score (nSPS) is 20.5. The standard InChI is InChI=1S/C20H31N3O4/c1-25-18-6-5-16(14-19(18)26-2)7-8-21-20(24)23-11-9-22(10-12-23)15-17-4-3-13-27-17/h5-6,14,17H,3-4,7-13,15H2,1-2H3,(H,21,24). The van der Waals surface area contributed by atoms with E-state index in [9.17, 15) is 4.79 Å². The molecule has 0 spiro atoms. The van der Waals surface area contributed by atoms with Crippen molar-refractivity contribution in [1.82, 2.24) is 15.1 Å². The van der Waals surface area contributed by atoms with Gasteiger partial charge < -0.3 is 24.4 Å². The number of hydrogen-bond acceptors (Lipinski definition) is 5. The molecule has 27 heavy (non-hydrogen) atoms. The van der Waals surface area contributed by atoms with Gasteiger partial charge in [0, 0.05) is 45.9 Å². The van der Waals surface area contributed by atoms with Crippen molar-refractivity contribution in [2.75, 3.05) is 60.1 Å². The fourth-order valence-corrected chi connectivity index (χ4v) is 3.67. The molecule has 2 fully saturated rings. The van der Waals surface area contributed by atoms with Crippen LogP contribution in [0.25, 0.3) is 0 Å². The fourth-order valence-electron chi connectivity index (χ4n) is 3.67. The van der Waals surface area contributed by atoms with Crippen LogP contribution in [0.15, 0.2) is 18.2 Å². The Morgan fingerprint density at radius 3 is 2.63 bits per heavy atom. The van der Waals surface area contributed by atoms with Crippen molar-refractivity contribution in [3.05, 3.63) is 23.8 Å². The van der Waals surface area contributed by atoms with E-state index in [1.807, 2.05) is 23.1 Å². The van der Waals surface area contributed by atoms with Crippen LogP contribution in [-0.4, -0.2) is 82.0 Å². The lowest BCUT2D eigenvalue weighted by Crippen LogP contribution is -2.53. The summed E-state index contributed by atoms with van der Waals surface area (Å²) in [7, 11) is 3.25. The highest BCUT2D eigenvalue weighted by molar-refractivity contribution is 5.74. The minimum Gasteiger partial charge on any atom is -0.493 e. The molecule has 1 N–H and O–H groups in total. The Morgan fingerprint density at radius 1 is 1.19 bits per heavy atom. The van der Waals surface area contributed by atoms with Gasteiger partial charge in [-0.3, -0.25) is 4.90 Å². The van der Waals surface area contributed by atoms with Crippen molar-refractivity contribution in [1.29, 1.82) is 0 Å². The number of nitrogens with one attached hydrogen (secondary N) is 1. The van der Waals surface area contributed by atoms with Gasteiger partial charge in [0.05, 0.1) is 20.3 Å². The molecule has 7 nitrogen and oxygen atoms in total. The van der Waals surface area contributed by atoms with Crippen LogP contribution in [0.5, 0.6) is 11.5 Å². The van der Waals surface area contributed by atoms with Gasteiger partial charge in [-0.2, -0.15) is 0 Å². The van der Waals surface area contributed by atoms with Gasteiger partial charge in [0.2, 0.25) is 0 Å². The van der Waals surface area contributed by atoms with Crippen LogP contribution in [0, 0.1) is 0 Å². The summed E-state index contributed by atoms with van der Waals surface area (Å²) in [6.07, 6.45) is 3.47. The second-order valence-electron chi connectivity index (χ2n) is 7.09. The molecule has 0 aromatic heterocycles. The van der Waals surface area contributed by atoms with E-state index in [1.165, 1.54) is 6.42 Å². The topological polar surface area (TPSA) is 63.3 Å². The number of urea groups is 1.